The van der Waals surface area contributed by atoms with Gasteiger partial charge in [-0.1, -0.05) is 19.9 Å². The Hall–Kier alpha value is -1.10. The van der Waals surface area contributed by atoms with Gasteiger partial charge in [0, 0.05) is 23.5 Å². The molecule has 19 heavy (non-hydrogen) atoms. The third-order valence-electron chi connectivity index (χ3n) is 3.07. The molecule has 0 radical (unpaired) electrons. The molecular weight excluding hydrogens is 256 g/mol. The number of thiophene rings is 1. The van der Waals surface area contributed by atoms with Crippen LogP contribution in [-0.2, 0) is 19.6 Å². The lowest BCUT2D eigenvalue weighted by Crippen LogP contribution is -2.21. The van der Waals surface area contributed by atoms with Crippen molar-refractivity contribution in [2.45, 2.75) is 33.5 Å². The molecule has 1 N–H and O–H groups in total. The van der Waals surface area contributed by atoms with E-state index >= 15 is 0 Å². The Kier molecular flexibility index (Phi) is 5.63. The van der Waals surface area contributed by atoms with Crippen molar-refractivity contribution >= 4 is 11.3 Å². The molecule has 104 valence electrons. The minimum Gasteiger partial charge on any atom is -0.468 e. The van der Waals surface area contributed by atoms with Gasteiger partial charge in [-0.2, -0.15) is 0 Å². The molecule has 0 aromatic carbocycles. The molecule has 0 aliphatic rings. The first-order valence-corrected chi connectivity index (χ1v) is 7.71. The fourth-order valence-electron chi connectivity index (χ4n) is 1.99. The summed E-state index contributed by atoms with van der Waals surface area (Å²) in [5.74, 6) is 1.05. The summed E-state index contributed by atoms with van der Waals surface area (Å²) >= 11 is 1.81. The van der Waals surface area contributed by atoms with Gasteiger partial charge in [0.2, 0.25) is 0 Å². The van der Waals surface area contributed by atoms with Gasteiger partial charge in [0.25, 0.3) is 0 Å². The van der Waals surface area contributed by atoms with Crippen LogP contribution in [0.1, 0.15) is 30.0 Å². The van der Waals surface area contributed by atoms with E-state index in [-0.39, 0.29) is 0 Å². The van der Waals surface area contributed by atoms with Crippen molar-refractivity contribution in [3.63, 3.8) is 0 Å². The Morgan fingerprint density at radius 3 is 2.89 bits per heavy atom. The second kappa shape index (κ2) is 7.48. The van der Waals surface area contributed by atoms with Crippen molar-refractivity contribution < 1.29 is 4.42 Å². The van der Waals surface area contributed by atoms with Crippen LogP contribution in [-0.4, -0.2) is 18.0 Å². The lowest BCUT2D eigenvalue weighted by atomic mass is 10.3. The lowest BCUT2D eigenvalue weighted by molar-refractivity contribution is 0.250. The molecule has 0 fully saturated rings. The zero-order chi connectivity index (χ0) is 13.5. The Labute approximate surface area is 119 Å². The van der Waals surface area contributed by atoms with Gasteiger partial charge in [-0.3, -0.25) is 4.90 Å². The maximum absolute atomic E-state index is 5.63. The molecule has 2 rings (SSSR count). The van der Waals surface area contributed by atoms with Gasteiger partial charge in [0.15, 0.2) is 0 Å². The molecule has 0 aliphatic heterocycles. The number of rotatable bonds is 8. The van der Waals surface area contributed by atoms with E-state index in [0.717, 1.165) is 38.5 Å². The Morgan fingerprint density at radius 1 is 1.32 bits per heavy atom. The molecule has 2 aromatic rings. The normalized spacial score (nSPS) is 11.3. The standard InChI is InChI=1S/C15H22N2OS/c1-3-16-9-13-8-14(18-12-13)10-17(4-2)11-15-6-5-7-19-15/h5-8,12,16H,3-4,9-11H2,1-2H3. The first kappa shape index (κ1) is 14.3. The first-order valence-electron chi connectivity index (χ1n) is 6.83. The summed E-state index contributed by atoms with van der Waals surface area (Å²) in [5.41, 5.74) is 1.23. The van der Waals surface area contributed by atoms with Crippen molar-refractivity contribution in [3.8, 4) is 0 Å². The Morgan fingerprint density at radius 2 is 2.21 bits per heavy atom. The number of furan rings is 1. The first-order chi connectivity index (χ1) is 9.31. The minimum atomic E-state index is 0.876. The smallest absolute Gasteiger partial charge is 0.118 e. The highest BCUT2D eigenvalue weighted by atomic mass is 32.1. The Balaban J connectivity index is 1.88. The number of nitrogens with zero attached hydrogens (tertiary/aromatic N) is 1. The highest BCUT2D eigenvalue weighted by Crippen LogP contribution is 2.15. The molecule has 0 aliphatic carbocycles. The maximum atomic E-state index is 5.63. The predicted octanol–water partition coefficient (Wildman–Crippen LogP) is 3.47. The van der Waals surface area contributed by atoms with Gasteiger partial charge >= 0.3 is 0 Å². The van der Waals surface area contributed by atoms with Crippen molar-refractivity contribution in [2.75, 3.05) is 13.1 Å². The topological polar surface area (TPSA) is 28.4 Å². The van der Waals surface area contributed by atoms with E-state index in [1.165, 1.54) is 10.4 Å². The molecule has 2 heterocycles. The monoisotopic (exact) mass is 278 g/mol. The summed E-state index contributed by atoms with van der Waals surface area (Å²) < 4.78 is 5.63. The molecule has 0 atom stereocenters. The predicted molar refractivity (Wildman–Crippen MR) is 80.2 cm³/mol. The lowest BCUT2D eigenvalue weighted by Gasteiger charge is -2.17. The van der Waals surface area contributed by atoms with Crippen molar-refractivity contribution in [1.29, 1.82) is 0 Å². The third-order valence-corrected chi connectivity index (χ3v) is 3.93. The zero-order valence-electron chi connectivity index (χ0n) is 11.7. The molecule has 0 saturated carbocycles. The molecule has 0 spiro atoms. The van der Waals surface area contributed by atoms with Crippen LogP contribution in [0, 0.1) is 0 Å². The van der Waals surface area contributed by atoms with E-state index in [0.29, 0.717) is 0 Å². The van der Waals surface area contributed by atoms with Crippen LogP contribution in [0.25, 0.3) is 0 Å². The molecule has 3 nitrogen and oxygen atoms in total. The van der Waals surface area contributed by atoms with E-state index in [1.54, 1.807) is 0 Å². The molecule has 0 amide bonds. The highest BCUT2D eigenvalue weighted by Gasteiger charge is 2.09. The largest absolute Gasteiger partial charge is 0.468 e. The summed E-state index contributed by atoms with van der Waals surface area (Å²) in [6.45, 7) is 9.08. The zero-order valence-corrected chi connectivity index (χ0v) is 12.5. The fraction of sp³-hybridized carbons (Fsp3) is 0.467. The SMILES string of the molecule is CCNCc1coc(CN(CC)Cc2cccs2)c1. The van der Waals surface area contributed by atoms with E-state index in [4.69, 9.17) is 4.42 Å². The van der Waals surface area contributed by atoms with Crippen LogP contribution in [0.5, 0.6) is 0 Å². The molecule has 2 aromatic heterocycles. The molecular formula is C15H22N2OS. The van der Waals surface area contributed by atoms with Gasteiger partial charge in [0.1, 0.15) is 5.76 Å². The number of hydrogen-bond acceptors (Lipinski definition) is 4. The van der Waals surface area contributed by atoms with Crippen LogP contribution >= 0.6 is 11.3 Å². The van der Waals surface area contributed by atoms with Crippen molar-refractivity contribution in [1.82, 2.24) is 10.2 Å². The minimum absolute atomic E-state index is 0.876. The summed E-state index contributed by atoms with van der Waals surface area (Å²) in [4.78, 5) is 3.79. The maximum Gasteiger partial charge on any atom is 0.118 e. The van der Waals surface area contributed by atoms with Gasteiger partial charge in [-0.15, -0.1) is 11.3 Å². The third kappa shape index (κ3) is 4.49. The van der Waals surface area contributed by atoms with Crippen LogP contribution in [0.2, 0.25) is 0 Å². The van der Waals surface area contributed by atoms with E-state index < -0.39 is 0 Å². The highest BCUT2D eigenvalue weighted by molar-refractivity contribution is 7.09. The van der Waals surface area contributed by atoms with Crippen LogP contribution in [0.4, 0.5) is 0 Å². The van der Waals surface area contributed by atoms with E-state index in [1.807, 2.05) is 17.6 Å². The average Bonchev–Trinajstić information content (AvgIpc) is 3.07. The second-order valence-electron chi connectivity index (χ2n) is 4.58. The molecule has 0 unspecified atom stereocenters. The number of nitrogens with one attached hydrogen (secondary N) is 1. The summed E-state index contributed by atoms with van der Waals surface area (Å²) in [5, 5.41) is 5.44. The van der Waals surface area contributed by atoms with Gasteiger partial charge < -0.3 is 9.73 Å². The molecule has 0 bridgehead atoms. The number of hydrogen-bond donors (Lipinski definition) is 1. The summed E-state index contributed by atoms with van der Waals surface area (Å²) in [7, 11) is 0. The van der Waals surface area contributed by atoms with E-state index in [2.05, 4.69) is 47.6 Å². The van der Waals surface area contributed by atoms with Gasteiger partial charge in [-0.25, -0.2) is 0 Å². The average molecular weight is 278 g/mol. The van der Waals surface area contributed by atoms with Gasteiger partial charge in [-0.05, 0) is 30.6 Å². The van der Waals surface area contributed by atoms with Crippen molar-refractivity contribution in [2.24, 2.45) is 0 Å². The van der Waals surface area contributed by atoms with E-state index in [9.17, 15) is 0 Å². The fourth-order valence-corrected chi connectivity index (χ4v) is 2.74. The molecule has 0 saturated heterocycles. The van der Waals surface area contributed by atoms with Crippen LogP contribution in [0.3, 0.4) is 0 Å². The van der Waals surface area contributed by atoms with Crippen LogP contribution in [0.15, 0.2) is 34.3 Å². The second-order valence-corrected chi connectivity index (χ2v) is 5.62. The van der Waals surface area contributed by atoms with Crippen molar-refractivity contribution in [3.05, 3.63) is 46.0 Å². The molecule has 4 heteroatoms. The summed E-state index contributed by atoms with van der Waals surface area (Å²) in [6.07, 6.45) is 1.86. The summed E-state index contributed by atoms with van der Waals surface area (Å²) in [6, 6.07) is 6.45. The Bertz CT molecular complexity index is 464. The van der Waals surface area contributed by atoms with Crippen LogP contribution < -0.4 is 5.32 Å². The van der Waals surface area contributed by atoms with Gasteiger partial charge in [0.05, 0.1) is 12.8 Å². The quantitative estimate of drug-likeness (QED) is 0.801.